The second kappa shape index (κ2) is 4.35. The Kier molecular flexibility index (Phi) is 3.37. The van der Waals surface area contributed by atoms with Gasteiger partial charge in [-0.3, -0.25) is 4.90 Å². The molecule has 0 unspecified atom stereocenters. The Bertz CT molecular complexity index is 168. The molecule has 0 saturated carbocycles. The highest BCUT2D eigenvalue weighted by Crippen LogP contribution is 2.08. The Balaban J connectivity index is 2.29. The quantitative estimate of drug-likeness (QED) is 0.547. The van der Waals surface area contributed by atoms with Crippen LogP contribution in [0.4, 0.5) is 0 Å². The first kappa shape index (κ1) is 8.54. The van der Waals surface area contributed by atoms with Crippen LogP contribution in [-0.4, -0.2) is 24.5 Å². The van der Waals surface area contributed by atoms with Gasteiger partial charge in [-0.2, -0.15) is 0 Å². The fourth-order valence-electron chi connectivity index (χ4n) is 1.23. The molecule has 0 bridgehead atoms. The summed E-state index contributed by atoms with van der Waals surface area (Å²) in [4.78, 5) is 2.45. The van der Waals surface area contributed by atoms with Crippen LogP contribution in [0.1, 0.15) is 20.3 Å². The van der Waals surface area contributed by atoms with Crippen LogP contribution in [0.25, 0.3) is 0 Å². The fourth-order valence-corrected chi connectivity index (χ4v) is 1.23. The smallest absolute Gasteiger partial charge is 0.0169 e. The second-order valence-electron chi connectivity index (χ2n) is 3.13. The molecule has 0 aromatic heterocycles. The van der Waals surface area contributed by atoms with Crippen molar-refractivity contribution in [3.8, 4) is 0 Å². The summed E-state index contributed by atoms with van der Waals surface area (Å²) < 4.78 is 0. The van der Waals surface area contributed by atoms with Crippen LogP contribution in [0.2, 0.25) is 0 Å². The van der Waals surface area contributed by atoms with Crippen LogP contribution in [0.15, 0.2) is 23.8 Å². The molecule has 0 spiro atoms. The van der Waals surface area contributed by atoms with Crippen molar-refractivity contribution in [2.75, 3.05) is 19.6 Å². The van der Waals surface area contributed by atoms with Crippen LogP contribution in [0, 0.1) is 0 Å². The number of hydrogen-bond donors (Lipinski definition) is 0. The molecule has 1 rings (SSSR count). The number of hydrogen-bond acceptors (Lipinski definition) is 1. The van der Waals surface area contributed by atoms with Crippen molar-refractivity contribution in [2.24, 2.45) is 0 Å². The van der Waals surface area contributed by atoms with Gasteiger partial charge < -0.3 is 0 Å². The van der Waals surface area contributed by atoms with Gasteiger partial charge in [-0.05, 0) is 20.3 Å². The molecule has 0 atom stereocenters. The van der Waals surface area contributed by atoms with Gasteiger partial charge in [-0.15, -0.1) is 0 Å². The molecule has 1 aliphatic heterocycles. The summed E-state index contributed by atoms with van der Waals surface area (Å²) in [5.74, 6) is 0. The maximum atomic E-state index is 2.45. The summed E-state index contributed by atoms with van der Waals surface area (Å²) in [6.45, 7) is 7.77. The minimum atomic E-state index is 1.11. The monoisotopic (exact) mass is 151 g/mol. The van der Waals surface area contributed by atoms with Gasteiger partial charge in [0.15, 0.2) is 0 Å². The van der Waals surface area contributed by atoms with E-state index in [2.05, 4.69) is 37.0 Å². The predicted octanol–water partition coefficient (Wildman–Crippen LogP) is 2.21. The Labute approximate surface area is 69.4 Å². The molecule has 1 aliphatic rings. The third kappa shape index (κ3) is 2.89. The van der Waals surface area contributed by atoms with Crippen molar-refractivity contribution in [1.82, 2.24) is 4.90 Å². The summed E-state index contributed by atoms with van der Waals surface area (Å²) in [5, 5.41) is 0. The minimum Gasteiger partial charge on any atom is -0.296 e. The van der Waals surface area contributed by atoms with E-state index in [1.807, 2.05) is 0 Å². The summed E-state index contributed by atoms with van der Waals surface area (Å²) in [6, 6.07) is 0. The normalized spacial score (nSPS) is 20.7. The van der Waals surface area contributed by atoms with Crippen LogP contribution >= 0.6 is 0 Å². The third-order valence-corrected chi connectivity index (χ3v) is 2.12. The van der Waals surface area contributed by atoms with Crippen LogP contribution in [0.3, 0.4) is 0 Å². The van der Waals surface area contributed by atoms with E-state index in [0.717, 1.165) is 13.1 Å². The molecule has 0 aromatic rings. The lowest BCUT2D eigenvalue weighted by Crippen LogP contribution is -2.28. The van der Waals surface area contributed by atoms with Gasteiger partial charge in [0.25, 0.3) is 0 Å². The molecule has 0 amide bonds. The van der Waals surface area contributed by atoms with E-state index in [0.29, 0.717) is 0 Å². The molecule has 1 heterocycles. The topological polar surface area (TPSA) is 3.24 Å². The molecular weight excluding hydrogens is 134 g/mol. The Morgan fingerprint density at radius 1 is 1.64 bits per heavy atom. The first-order valence-electron chi connectivity index (χ1n) is 4.32. The molecule has 0 aromatic carbocycles. The van der Waals surface area contributed by atoms with Crippen LogP contribution in [0.5, 0.6) is 0 Å². The van der Waals surface area contributed by atoms with E-state index in [1.54, 1.807) is 5.57 Å². The van der Waals surface area contributed by atoms with E-state index in [4.69, 9.17) is 0 Å². The minimum absolute atomic E-state index is 1.11. The van der Waals surface area contributed by atoms with Gasteiger partial charge in [0, 0.05) is 19.6 Å². The molecule has 1 nitrogen and oxygen atoms in total. The molecule has 0 fully saturated rings. The molecule has 0 saturated heterocycles. The van der Waals surface area contributed by atoms with E-state index in [-0.39, 0.29) is 0 Å². The highest BCUT2D eigenvalue weighted by Gasteiger charge is 2.05. The zero-order valence-electron chi connectivity index (χ0n) is 7.51. The Morgan fingerprint density at radius 2 is 2.45 bits per heavy atom. The number of rotatable bonds is 2. The number of allylic oxidation sites excluding steroid dienone is 1. The van der Waals surface area contributed by atoms with Gasteiger partial charge in [0.1, 0.15) is 0 Å². The van der Waals surface area contributed by atoms with Crippen molar-refractivity contribution in [3.05, 3.63) is 23.8 Å². The third-order valence-electron chi connectivity index (χ3n) is 2.12. The van der Waals surface area contributed by atoms with Gasteiger partial charge in [-0.25, -0.2) is 0 Å². The van der Waals surface area contributed by atoms with Crippen LogP contribution < -0.4 is 0 Å². The Hall–Kier alpha value is -0.560. The maximum absolute atomic E-state index is 2.45. The highest BCUT2D eigenvalue weighted by atomic mass is 15.1. The standard InChI is InChI=1S/C10H17N/c1-3-4-7-11-8-5-10(2)6-9-11/h3-5H,6-9H2,1-2H3/b4-3+. The largest absolute Gasteiger partial charge is 0.296 e. The average Bonchev–Trinajstić information content (AvgIpc) is 2.04. The summed E-state index contributed by atoms with van der Waals surface area (Å²) in [6.07, 6.45) is 7.91. The first-order valence-corrected chi connectivity index (χ1v) is 4.32. The molecule has 62 valence electrons. The average molecular weight is 151 g/mol. The highest BCUT2D eigenvalue weighted by molar-refractivity contribution is 5.04. The zero-order valence-corrected chi connectivity index (χ0v) is 7.51. The summed E-state index contributed by atoms with van der Waals surface area (Å²) >= 11 is 0. The second-order valence-corrected chi connectivity index (χ2v) is 3.13. The predicted molar refractivity (Wildman–Crippen MR) is 49.6 cm³/mol. The van der Waals surface area contributed by atoms with Crippen molar-refractivity contribution in [1.29, 1.82) is 0 Å². The lowest BCUT2D eigenvalue weighted by atomic mass is 10.1. The summed E-state index contributed by atoms with van der Waals surface area (Å²) in [5.41, 5.74) is 1.54. The number of nitrogens with zero attached hydrogens (tertiary/aromatic N) is 1. The SMILES string of the molecule is C/C=C/CN1CC=C(C)CC1. The van der Waals surface area contributed by atoms with E-state index < -0.39 is 0 Å². The van der Waals surface area contributed by atoms with Crippen molar-refractivity contribution in [3.63, 3.8) is 0 Å². The molecule has 0 radical (unpaired) electrons. The molecule has 1 heteroatoms. The zero-order chi connectivity index (χ0) is 8.10. The Morgan fingerprint density at radius 3 is 3.00 bits per heavy atom. The van der Waals surface area contributed by atoms with Crippen molar-refractivity contribution < 1.29 is 0 Å². The van der Waals surface area contributed by atoms with Gasteiger partial charge in [0.05, 0.1) is 0 Å². The lowest BCUT2D eigenvalue weighted by Gasteiger charge is -2.23. The van der Waals surface area contributed by atoms with Gasteiger partial charge in [-0.1, -0.05) is 23.8 Å². The van der Waals surface area contributed by atoms with E-state index in [1.165, 1.54) is 13.0 Å². The fraction of sp³-hybridized carbons (Fsp3) is 0.600. The van der Waals surface area contributed by atoms with Gasteiger partial charge >= 0.3 is 0 Å². The lowest BCUT2D eigenvalue weighted by molar-refractivity contribution is 0.325. The summed E-state index contributed by atoms with van der Waals surface area (Å²) in [7, 11) is 0. The first-order chi connectivity index (χ1) is 5.33. The maximum Gasteiger partial charge on any atom is 0.0169 e. The van der Waals surface area contributed by atoms with E-state index >= 15 is 0 Å². The van der Waals surface area contributed by atoms with Crippen LogP contribution in [-0.2, 0) is 0 Å². The molecule has 0 aliphatic carbocycles. The van der Waals surface area contributed by atoms with E-state index in [9.17, 15) is 0 Å². The molecule has 11 heavy (non-hydrogen) atoms. The molecule has 0 N–H and O–H groups in total. The van der Waals surface area contributed by atoms with Crippen molar-refractivity contribution >= 4 is 0 Å². The van der Waals surface area contributed by atoms with Crippen molar-refractivity contribution in [2.45, 2.75) is 20.3 Å². The molecular formula is C10H17N. The van der Waals surface area contributed by atoms with Gasteiger partial charge in [0.2, 0.25) is 0 Å².